The highest BCUT2D eigenvalue weighted by atomic mass is 16.2. The molecular weight excluding hydrogens is 336 g/mol. The van der Waals surface area contributed by atoms with E-state index in [2.05, 4.69) is 0 Å². The minimum atomic E-state index is -0.568. The average Bonchev–Trinajstić information content (AvgIpc) is 2.66. The van der Waals surface area contributed by atoms with Crippen LogP contribution in [-0.2, 0) is 0 Å². The van der Waals surface area contributed by atoms with E-state index in [-0.39, 0.29) is 11.8 Å². The molecular formula is C23H24N2O2. The second-order valence-electron chi connectivity index (χ2n) is 7.51. The SMILES string of the molecule is CN(C(=O)c1cccc2ccccc12)N(C(=O)c1ccccc1)C(C)(C)C. The lowest BCUT2D eigenvalue weighted by atomic mass is 10.0. The molecule has 0 N–H and O–H groups in total. The summed E-state index contributed by atoms with van der Waals surface area (Å²) >= 11 is 0. The van der Waals surface area contributed by atoms with Crippen molar-refractivity contribution in [2.24, 2.45) is 0 Å². The summed E-state index contributed by atoms with van der Waals surface area (Å²) in [6, 6.07) is 22.4. The van der Waals surface area contributed by atoms with Crippen LogP contribution in [0.3, 0.4) is 0 Å². The van der Waals surface area contributed by atoms with Crippen molar-refractivity contribution in [2.45, 2.75) is 26.3 Å². The monoisotopic (exact) mass is 360 g/mol. The van der Waals surface area contributed by atoms with Gasteiger partial charge in [0.05, 0.1) is 5.54 Å². The molecule has 0 aliphatic rings. The molecule has 4 heteroatoms. The number of fused-ring (bicyclic) bond motifs is 1. The lowest BCUT2D eigenvalue weighted by molar-refractivity contribution is -0.0307. The van der Waals surface area contributed by atoms with Crippen molar-refractivity contribution in [3.05, 3.63) is 83.9 Å². The first-order chi connectivity index (χ1) is 12.8. The van der Waals surface area contributed by atoms with Crippen molar-refractivity contribution >= 4 is 22.6 Å². The molecule has 3 rings (SSSR count). The standard InChI is InChI=1S/C23H24N2O2/c1-23(2,3)25(21(26)18-12-6-5-7-13-18)24(4)22(27)20-16-10-14-17-11-8-9-15-19(17)20/h5-16H,1-4H3. The number of amides is 2. The van der Waals surface area contributed by atoms with Gasteiger partial charge in [-0.25, -0.2) is 10.0 Å². The van der Waals surface area contributed by atoms with Gasteiger partial charge < -0.3 is 0 Å². The zero-order valence-electron chi connectivity index (χ0n) is 16.1. The maximum atomic E-state index is 13.3. The molecule has 3 aromatic rings. The van der Waals surface area contributed by atoms with Gasteiger partial charge in [-0.15, -0.1) is 0 Å². The van der Waals surface area contributed by atoms with Crippen molar-refractivity contribution < 1.29 is 9.59 Å². The number of rotatable bonds is 2. The molecule has 0 unspecified atom stereocenters. The van der Waals surface area contributed by atoms with Gasteiger partial charge in [0, 0.05) is 18.2 Å². The van der Waals surface area contributed by atoms with Crippen LogP contribution < -0.4 is 0 Å². The summed E-state index contributed by atoms with van der Waals surface area (Å²) in [6.45, 7) is 5.75. The van der Waals surface area contributed by atoms with Gasteiger partial charge in [0.25, 0.3) is 11.8 Å². The maximum Gasteiger partial charge on any atom is 0.272 e. The highest BCUT2D eigenvalue weighted by Crippen LogP contribution is 2.24. The molecule has 0 aliphatic heterocycles. The van der Waals surface area contributed by atoms with Crippen molar-refractivity contribution in [2.75, 3.05) is 7.05 Å². The number of carbonyl (C=O) groups is 2. The first-order valence-electron chi connectivity index (χ1n) is 8.96. The Balaban J connectivity index is 2.02. The molecule has 0 bridgehead atoms. The van der Waals surface area contributed by atoms with Gasteiger partial charge in [-0.05, 0) is 49.7 Å². The molecule has 138 valence electrons. The number of hydrogen-bond donors (Lipinski definition) is 0. The predicted octanol–water partition coefficient (Wildman–Crippen LogP) is 4.77. The number of nitrogens with zero attached hydrogens (tertiary/aromatic N) is 2. The van der Waals surface area contributed by atoms with Gasteiger partial charge in [0.1, 0.15) is 0 Å². The highest BCUT2D eigenvalue weighted by Gasteiger charge is 2.34. The van der Waals surface area contributed by atoms with Gasteiger partial charge in [0.15, 0.2) is 0 Å². The van der Waals surface area contributed by atoms with Gasteiger partial charge in [-0.2, -0.15) is 0 Å². The minimum Gasteiger partial charge on any atom is -0.267 e. The summed E-state index contributed by atoms with van der Waals surface area (Å²) in [6.07, 6.45) is 0. The fourth-order valence-electron chi connectivity index (χ4n) is 3.27. The quantitative estimate of drug-likeness (QED) is 0.618. The van der Waals surface area contributed by atoms with Crippen LogP contribution in [0.25, 0.3) is 10.8 Å². The number of benzene rings is 3. The normalized spacial score (nSPS) is 11.3. The van der Waals surface area contributed by atoms with Crippen LogP contribution in [0.4, 0.5) is 0 Å². The van der Waals surface area contributed by atoms with Crippen LogP contribution in [0.5, 0.6) is 0 Å². The van der Waals surface area contributed by atoms with Gasteiger partial charge in [0.2, 0.25) is 0 Å². The van der Waals surface area contributed by atoms with Crippen molar-refractivity contribution in [3.63, 3.8) is 0 Å². The molecule has 0 aromatic heterocycles. The van der Waals surface area contributed by atoms with Crippen LogP contribution in [0.15, 0.2) is 72.8 Å². The lowest BCUT2D eigenvalue weighted by Gasteiger charge is -2.41. The first-order valence-corrected chi connectivity index (χ1v) is 8.96. The largest absolute Gasteiger partial charge is 0.272 e. The Morgan fingerprint density at radius 1 is 0.741 bits per heavy atom. The van der Waals surface area contributed by atoms with E-state index in [1.54, 1.807) is 25.2 Å². The molecule has 0 saturated heterocycles. The summed E-state index contributed by atoms with van der Waals surface area (Å²) in [5, 5.41) is 4.81. The molecule has 0 aliphatic carbocycles. The Morgan fingerprint density at radius 2 is 1.33 bits per heavy atom. The van der Waals surface area contributed by atoms with Crippen molar-refractivity contribution in [3.8, 4) is 0 Å². The topological polar surface area (TPSA) is 40.6 Å². The third-order valence-electron chi connectivity index (χ3n) is 4.46. The highest BCUT2D eigenvalue weighted by molar-refractivity contribution is 6.08. The van der Waals surface area contributed by atoms with Crippen LogP contribution >= 0.6 is 0 Å². The summed E-state index contributed by atoms with van der Waals surface area (Å²) in [5.41, 5.74) is 0.553. The minimum absolute atomic E-state index is 0.209. The Bertz CT molecular complexity index is 969. The number of hydrogen-bond acceptors (Lipinski definition) is 2. The van der Waals surface area contributed by atoms with Crippen LogP contribution in [0.1, 0.15) is 41.5 Å². The first kappa shape index (κ1) is 18.6. The molecule has 27 heavy (non-hydrogen) atoms. The van der Waals surface area contributed by atoms with Crippen molar-refractivity contribution in [1.29, 1.82) is 0 Å². The van der Waals surface area contributed by atoms with E-state index in [0.29, 0.717) is 11.1 Å². The van der Waals surface area contributed by atoms with E-state index in [9.17, 15) is 9.59 Å². The Labute approximate surface area is 160 Å². The lowest BCUT2D eigenvalue weighted by Crippen LogP contribution is -2.56. The molecule has 0 radical (unpaired) electrons. The molecule has 0 saturated carbocycles. The Kier molecular flexibility index (Phi) is 5.00. The fourth-order valence-corrected chi connectivity index (χ4v) is 3.27. The molecule has 0 fully saturated rings. The maximum absolute atomic E-state index is 13.3. The van der Waals surface area contributed by atoms with E-state index < -0.39 is 5.54 Å². The zero-order chi connectivity index (χ0) is 19.6. The molecule has 2 amide bonds. The van der Waals surface area contributed by atoms with Crippen molar-refractivity contribution in [1.82, 2.24) is 10.0 Å². The summed E-state index contributed by atoms with van der Waals surface area (Å²) < 4.78 is 0. The predicted molar refractivity (Wildman–Crippen MR) is 108 cm³/mol. The fraction of sp³-hybridized carbons (Fsp3) is 0.217. The third-order valence-corrected chi connectivity index (χ3v) is 4.46. The zero-order valence-corrected chi connectivity index (χ0v) is 16.1. The van der Waals surface area contributed by atoms with E-state index in [1.807, 2.05) is 75.4 Å². The Morgan fingerprint density at radius 3 is 2.00 bits per heavy atom. The molecule has 3 aromatic carbocycles. The molecule has 4 nitrogen and oxygen atoms in total. The van der Waals surface area contributed by atoms with E-state index in [0.717, 1.165) is 10.8 Å². The van der Waals surface area contributed by atoms with Crippen LogP contribution in [0.2, 0.25) is 0 Å². The summed E-state index contributed by atoms with van der Waals surface area (Å²) in [5.74, 6) is -0.426. The second-order valence-corrected chi connectivity index (χ2v) is 7.51. The van der Waals surface area contributed by atoms with Gasteiger partial charge >= 0.3 is 0 Å². The van der Waals surface area contributed by atoms with Gasteiger partial charge in [-0.1, -0.05) is 54.6 Å². The van der Waals surface area contributed by atoms with E-state index >= 15 is 0 Å². The Hall–Kier alpha value is -3.14. The van der Waals surface area contributed by atoms with Crippen LogP contribution in [0, 0.1) is 0 Å². The number of hydrazine groups is 1. The summed E-state index contributed by atoms with van der Waals surface area (Å²) in [7, 11) is 1.65. The second kappa shape index (κ2) is 7.23. The molecule has 0 atom stereocenters. The smallest absolute Gasteiger partial charge is 0.267 e. The van der Waals surface area contributed by atoms with E-state index in [1.165, 1.54) is 10.0 Å². The van der Waals surface area contributed by atoms with Crippen LogP contribution in [-0.4, -0.2) is 34.4 Å². The third kappa shape index (κ3) is 3.70. The molecule has 0 spiro atoms. The number of carbonyl (C=O) groups excluding carboxylic acids is 2. The molecule has 0 heterocycles. The average molecular weight is 360 g/mol. The summed E-state index contributed by atoms with van der Waals surface area (Å²) in [4.78, 5) is 26.5. The van der Waals surface area contributed by atoms with E-state index in [4.69, 9.17) is 0 Å². The van der Waals surface area contributed by atoms with Gasteiger partial charge in [-0.3, -0.25) is 9.59 Å².